The van der Waals surface area contributed by atoms with Crippen molar-refractivity contribution in [2.75, 3.05) is 32.8 Å². The second-order valence-electron chi connectivity index (χ2n) is 3.99. The molecule has 1 heterocycles. The highest BCUT2D eigenvalue weighted by molar-refractivity contribution is 5.67. The van der Waals surface area contributed by atoms with Crippen molar-refractivity contribution in [2.24, 2.45) is 0 Å². The Hall–Kier alpha value is -0.810. The first kappa shape index (κ1) is 13.3. The molecule has 0 aliphatic carbocycles. The fourth-order valence-electron chi connectivity index (χ4n) is 1.87. The van der Waals surface area contributed by atoms with Gasteiger partial charge in [0.05, 0.1) is 6.61 Å². The number of piperidine rings is 1. The number of rotatable bonds is 5. The lowest BCUT2D eigenvalue weighted by molar-refractivity contribution is 0.0950. The Labute approximate surface area is 96.8 Å². The van der Waals surface area contributed by atoms with E-state index in [1.165, 1.54) is 0 Å². The maximum absolute atomic E-state index is 11.4. The summed E-state index contributed by atoms with van der Waals surface area (Å²) < 4.78 is 4.95. The van der Waals surface area contributed by atoms with Crippen LogP contribution in [0, 0.1) is 0 Å². The molecule has 1 aliphatic heterocycles. The molecule has 2 N–H and O–H groups in total. The van der Waals surface area contributed by atoms with Crippen molar-refractivity contribution >= 4 is 6.09 Å². The maximum Gasteiger partial charge on any atom is 0.409 e. The molecular weight excluding hydrogens is 208 g/mol. The fraction of sp³-hybridized carbons (Fsp3) is 0.909. The van der Waals surface area contributed by atoms with Gasteiger partial charge in [-0.3, -0.25) is 0 Å². The third kappa shape index (κ3) is 4.37. The van der Waals surface area contributed by atoms with Crippen LogP contribution in [0.1, 0.15) is 26.2 Å². The summed E-state index contributed by atoms with van der Waals surface area (Å²) in [6.45, 7) is 4.86. The number of aliphatic hydroxyl groups is 1. The number of carbonyl (C=O) groups is 1. The molecule has 0 unspecified atom stereocenters. The molecule has 0 bridgehead atoms. The predicted octanol–water partition coefficient (Wildman–Crippen LogP) is 0.579. The first-order valence-electron chi connectivity index (χ1n) is 6.04. The Kier molecular flexibility index (Phi) is 6.18. The quantitative estimate of drug-likeness (QED) is 0.678. The Balaban J connectivity index is 2.15. The number of ether oxygens (including phenoxy) is 1. The van der Waals surface area contributed by atoms with Crippen molar-refractivity contribution in [3.05, 3.63) is 0 Å². The van der Waals surface area contributed by atoms with Gasteiger partial charge in [0.25, 0.3) is 0 Å². The number of carbonyl (C=O) groups excluding carboxylic acids is 1. The van der Waals surface area contributed by atoms with Crippen LogP contribution < -0.4 is 5.32 Å². The molecule has 5 nitrogen and oxygen atoms in total. The van der Waals surface area contributed by atoms with Crippen molar-refractivity contribution in [1.29, 1.82) is 0 Å². The van der Waals surface area contributed by atoms with E-state index in [9.17, 15) is 4.79 Å². The summed E-state index contributed by atoms with van der Waals surface area (Å²) >= 11 is 0. The largest absolute Gasteiger partial charge is 0.450 e. The Morgan fingerprint density at radius 1 is 1.50 bits per heavy atom. The Morgan fingerprint density at radius 2 is 2.19 bits per heavy atom. The van der Waals surface area contributed by atoms with E-state index in [1.54, 1.807) is 4.90 Å². The molecule has 1 amide bonds. The first-order valence-corrected chi connectivity index (χ1v) is 6.04. The number of hydrogen-bond acceptors (Lipinski definition) is 4. The highest BCUT2D eigenvalue weighted by Gasteiger charge is 2.22. The van der Waals surface area contributed by atoms with E-state index in [0.717, 1.165) is 38.9 Å². The van der Waals surface area contributed by atoms with E-state index >= 15 is 0 Å². The molecule has 1 fully saturated rings. The van der Waals surface area contributed by atoms with Crippen LogP contribution in [0.3, 0.4) is 0 Å². The van der Waals surface area contributed by atoms with Gasteiger partial charge in [-0.15, -0.1) is 0 Å². The third-order valence-corrected chi connectivity index (χ3v) is 2.79. The zero-order valence-electron chi connectivity index (χ0n) is 9.95. The SMILES string of the molecule is CCOC(=O)N1CCC(NCCCO)CC1. The monoisotopic (exact) mass is 230 g/mol. The number of nitrogens with zero attached hydrogens (tertiary/aromatic N) is 1. The molecule has 0 aromatic carbocycles. The molecule has 0 aromatic heterocycles. The van der Waals surface area contributed by atoms with Gasteiger partial charge in [0.15, 0.2) is 0 Å². The molecule has 5 heteroatoms. The highest BCUT2D eigenvalue weighted by atomic mass is 16.6. The second kappa shape index (κ2) is 7.46. The number of amides is 1. The molecule has 0 atom stereocenters. The normalized spacial score (nSPS) is 17.5. The summed E-state index contributed by atoms with van der Waals surface area (Å²) in [5, 5.41) is 12.0. The van der Waals surface area contributed by atoms with Crippen LogP contribution in [0.15, 0.2) is 0 Å². The fourth-order valence-corrected chi connectivity index (χ4v) is 1.87. The molecule has 0 radical (unpaired) electrons. The summed E-state index contributed by atoms with van der Waals surface area (Å²) in [5.41, 5.74) is 0. The van der Waals surface area contributed by atoms with Gasteiger partial charge in [0.1, 0.15) is 0 Å². The van der Waals surface area contributed by atoms with Gasteiger partial charge in [-0.05, 0) is 32.7 Å². The predicted molar refractivity (Wildman–Crippen MR) is 61.3 cm³/mol. The van der Waals surface area contributed by atoms with E-state index in [-0.39, 0.29) is 12.7 Å². The average Bonchev–Trinajstić information content (AvgIpc) is 2.30. The lowest BCUT2D eigenvalue weighted by atomic mass is 10.1. The molecule has 16 heavy (non-hydrogen) atoms. The Morgan fingerprint density at radius 3 is 2.75 bits per heavy atom. The van der Waals surface area contributed by atoms with E-state index < -0.39 is 0 Å². The van der Waals surface area contributed by atoms with E-state index in [4.69, 9.17) is 9.84 Å². The Bertz CT molecular complexity index is 203. The lowest BCUT2D eigenvalue weighted by Gasteiger charge is -2.31. The van der Waals surface area contributed by atoms with Gasteiger partial charge in [-0.1, -0.05) is 0 Å². The standard InChI is InChI=1S/C11H22N2O3/c1-2-16-11(15)13-7-4-10(5-8-13)12-6-3-9-14/h10,12,14H,2-9H2,1H3. The van der Waals surface area contributed by atoms with Crippen molar-refractivity contribution in [3.8, 4) is 0 Å². The van der Waals surface area contributed by atoms with Crippen LogP contribution >= 0.6 is 0 Å². The van der Waals surface area contributed by atoms with Crippen molar-refractivity contribution in [3.63, 3.8) is 0 Å². The molecule has 94 valence electrons. The number of aliphatic hydroxyl groups excluding tert-OH is 1. The van der Waals surface area contributed by atoms with Gasteiger partial charge in [-0.2, -0.15) is 0 Å². The van der Waals surface area contributed by atoms with Crippen molar-refractivity contribution < 1.29 is 14.6 Å². The van der Waals surface area contributed by atoms with Gasteiger partial charge in [0.2, 0.25) is 0 Å². The minimum atomic E-state index is -0.198. The molecule has 0 aromatic rings. The van der Waals surface area contributed by atoms with E-state index in [2.05, 4.69) is 5.32 Å². The first-order chi connectivity index (χ1) is 7.77. The molecule has 1 rings (SSSR count). The van der Waals surface area contributed by atoms with Gasteiger partial charge in [0, 0.05) is 25.7 Å². The summed E-state index contributed by atoms with van der Waals surface area (Å²) in [4.78, 5) is 13.2. The maximum atomic E-state index is 11.4. The van der Waals surface area contributed by atoms with Crippen LogP contribution in [0.25, 0.3) is 0 Å². The molecule has 0 spiro atoms. The number of hydrogen-bond donors (Lipinski definition) is 2. The van der Waals surface area contributed by atoms with Gasteiger partial charge >= 0.3 is 6.09 Å². The van der Waals surface area contributed by atoms with Crippen molar-refractivity contribution in [2.45, 2.75) is 32.2 Å². The van der Waals surface area contributed by atoms with Crippen LogP contribution in [0.4, 0.5) is 4.79 Å². The molecule has 1 aliphatic rings. The lowest BCUT2D eigenvalue weighted by Crippen LogP contribution is -2.45. The zero-order chi connectivity index (χ0) is 11.8. The van der Waals surface area contributed by atoms with Crippen LogP contribution in [-0.4, -0.2) is 55.0 Å². The topological polar surface area (TPSA) is 61.8 Å². The van der Waals surface area contributed by atoms with Crippen LogP contribution in [0.5, 0.6) is 0 Å². The number of nitrogens with one attached hydrogen (secondary N) is 1. The summed E-state index contributed by atoms with van der Waals surface area (Å²) in [6, 6.07) is 0.470. The number of likely N-dealkylation sites (tertiary alicyclic amines) is 1. The van der Waals surface area contributed by atoms with E-state index in [0.29, 0.717) is 12.6 Å². The summed E-state index contributed by atoms with van der Waals surface area (Å²) in [5.74, 6) is 0. The second-order valence-corrected chi connectivity index (χ2v) is 3.99. The molecule has 0 saturated carbocycles. The minimum Gasteiger partial charge on any atom is -0.450 e. The van der Waals surface area contributed by atoms with Crippen LogP contribution in [-0.2, 0) is 4.74 Å². The van der Waals surface area contributed by atoms with Crippen molar-refractivity contribution in [1.82, 2.24) is 10.2 Å². The summed E-state index contributed by atoms with van der Waals surface area (Å²) in [6.07, 6.45) is 2.52. The molecular formula is C11H22N2O3. The zero-order valence-corrected chi connectivity index (χ0v) is 9.95. The van der Waals surface area contributed by atoms with Crippen LogP contribution in [0.2, 0.25) is 0 Å². The average molecular weight is 230 g/mol. The highest BCUT2D eigenvalue weighted by Crippen LogP contribution is 2.11. The van der Waals surface area contributed by atoms with Gasteiger partial charge < -0.3 is 20.1 Å². The third-order valence-electron chi connectivity index (χ3n) is 2.79. The molecule has 1 saturated heterocycles. The van der Waals surface area contributed by atoms with Gasteiger partial charge in [-0.25, -0.2) is 4.79 Å². The smallest absolute Gasteiger partial charge is 0.409 e. The minimum absolute atomic E-state index is 0.198. The van der Waals surface area contributed by atoms with E-state index in [1.807, 2.05) is 6.92 Å². The summed E-state index contributed by atoms with van der Waals surface area (Å²) in [7, 11) is 0.